The van der Waals surface area contributed by atoms with Crippen LogP contribution in [-0.4, -0.2) is 11.1 Å². The third kappa shape index (κ3) is 4.10. The lowest BCUT2D eigenvalue weighted by atomic mass is 10.1. The Balaban J connectivity index is 1.60. The van der Waals surface area contributed by atoms with Gasteiger partial charge in [-0.25, -0.2) is 9.29 Å². The van der Waals surface area contributed by atoms with Crippen LogP contribution >= 0.6 is 23.4 Å². The van der Waals surface area contributed by atoms with Crippen molar-refractivity contribution in [2.24, 2.45) is 0 Å². The SMILES string of the molecule is O=C1S/C(=C\c2ccccc2OCc2ccccc2Cl)C(=O)N1c1ccccc1F. The van der Waals surface area contributed by atoms with Crippen LogP contribution in [0, 0.1) is 5.82 Å². The van der Waals surface area contributed by atoms with Gasteiger partial charge in [0.25, 0.3) is 11.1 Å². The molecule has 0 unspecified atom stereocenters. The number of imide groups is 1. The number of amides is 2. The molecule has 2 amide bonds. The summed E-state index contributed by atoms with van der Waals surface area (Å²) in [5.74, 6) is -0.671. The van der Waals surface area contributed by atoms with Crippen LogP contribution in [0.5, 0.6) is 5.75 Å². The molecule has 1 aliphatic heterocycles. The molecule has 0 aliphatic carbocycles. The van der Waals surface area contributed by atoms with Crippen LogP contribution in [0.4, 0.5) is 14.9 Å². The molecule has 0 radical (unpaired) electrons. The number of hydrogen-bond acceptors (Lipinski definition) is 4. The van der Waals surface area contributed by atoms with E-state index in [0.29, 0.717) is 16.3 Å². The molecule has 0 bridgehead atoms. The van der Waals surface area contributed by atoms with Gasteiger partial charge in [0.05, 0.1) is 10.6 Å². The van der Waals surface area contributed by atoms with Gasteiger partial charge in [-0.15, -0.1) is 0 Å². The van der Waals surface area contributed by atoms with Crippen LogP contribution in [0.25, 0.3) is 6.08 Å². The van der Waals surface area contributed by atoms with Gasteiger partial charge in [-0.3, -0.25) is 9.59 Å². The van der Waals surface area contributed by atoms with Gasteiger partial charge in [0.1, 0.15) is 18.2 Å². The highest BCUT2D eigenvalue weighted by Crippen LogP contribution is 2.37. The molecule has 1 heterocycles. The number of nitrogens with zero attached hydrogens (tertiary/aromatic N) is 1. The third-order valence-electron chi connectivity index (χ3n) is 4.43. The Bertz CT molecular complexity index is 1160. The number of halogens is 2. The molecule has 3 aromatic carbocycles. The predicted molar refractivity (Wildman–Crippen MR) is 117 cm³/mol. The molecule has 0 atom stereocenters. The molecule has 4 nitrogen and oxygen atoms in total. The molecule has 4 rings (SSSR count). The second kappa shape index (κ2) is 8.73. The van der Waals surface area contributed by atoms with Crippen LogP contribution in [-0.2, 0) is 11.4 Å². The van der Waals surface area contributed by atoms with Crippen molar-refractivity contribution in [2.45, 2.75) is 6.61 Å². The summed E-state index contributed by atoms with van der Waals surface area (Å²) in [5, 5.41) is 0.0480. The van der Waals surface area contributed by atoms with Gasteiger partial charge in [0, 0.05) is 16.1 Å². The van der Waals surface area contributed by atoms with E-state index in [9.17, 15) is 14.0 Å². The number of carbonyl (C=O) groups excluding carboxylic acids is 2. The summed E-state index contributed by atoms with van der Waals surface area (Å²) in [5.41, 5.74) is 1.39. The maximum Gasteiger partial charge on any atom is 0.298 e. The van der Waals surface area contributed by atoms with E-state index >= 15 is 0 Å². The number of rotatable bonds is 5. The molecule has 0 N–H and O–H groups in total. The van der Waals surface area contributed by atoms with Crippen LogP contribution in [0.2, 0.25) is 5.02 Å². The van der Waals surface area contributed by atoms with Gasteiger partial charge in [-0.1, -0.05) is 60.1 Å². The second-order valence-electron chi connectivity index (χ2n) is 6.39. The number of ether oxygens (including phenoxy) is 1. The molecule has 1 saturated heterocycles. The summed E-state index contributed by atoms with van der Waals surface area (Å²) in [7, 11) is 0. The molecular weight excluding hydrogens is 425 g/mol. The van der Waals surface area contributed by atoms with Crippen molar-refractivity contribution in [3.63, 3.8) is 0 Å². The molecule has 0 spiro atoms. The standard InChI is InChI=1S/C23H15ClFNO3S/c24-17-9-3-1-8-16(17)14-29-20-12-6-2-7-15(20)13-21-22(27)26(23(28)30-21)19-11-5-4-10-18(19)25/h1-13H,14H2/b21-13-. The van der Waals surface area contributed by atoms with Crippen LogP contribution < -0.4 is 9.64 Å². The minimum Gasteiger partial charge on any atom is -0.488 e. The Hall–Kier alpha value is -3.09. The molecule has 0 saturated carbocycles. The fraction of sp³-hybridized carbons (Fsp3) is 0.0435. The first-order valence-corrected chi connectivity index (χ1v) is 10.2. The Morgan fingerprint density at radius 2 is 1.67 bits per heavy atom. The summed E-state index contributed by atoms with van der Waals surface area (Å²) in [6, 6.07) is 20.2. The van der Waals surface area contributed by atoms with Crippen molar-refractivity contribution in [3.05, 3.63) is 99.7 Å². The minimum atomic E-state index is -0.635. The Kier molecular flexibility index (Phi) is 5.88. The number of benzene rings is 3. The van der Waals surface area contributed by atoms with Crippen molar-refractivity contribution in [1.29, 1.82) is 0 Å². The van der Waals surface area contributed by atoms with Gasteiger partial charge in [-0.2, -0.15) is 0 Å². The first-order chi connectivity index (χ1) is 14.5. The van der Waals surface area contributed by atoms with Gasteiger partial charge in [-0.05, 0) is 42.1 Å². The highest BCUT2D eigenvalue weighted by atomic mass is 35.5. The first-order valence-electron chi connectivity index (χ1n) is 9.02. The fourth-order valence-electron chi connectivity index (χ4n) is 2.95. The third-order valence-corrected chi connectivity index (χ3v) is 5.67. The lowest BCUT2D eigenvalue weighted by Crippen LogP contribution is -2.28. The monoisotopic (exact) mass is 439 g/mol. The lowest BCUT2D eigenvalue weighted by Gasteiger charge is -2.13. The number of para-hydroxylation sites is 2. The van der Waals surface area contributed by atoms with E-state index in [4.69, 9.17) is 16.3 Å². The highest BCUT2D eigenvalue weighted by Gasteiger charge is 2.37. The summed E-state index contributed by atoms with van der Waals surface area (Å²) < 4.78 is 20.0. The Labute approximate surface area is 181 Å². The second-order valence-corrected chi connectivity index (χ2v) is 7.79. The summed E-state index contributed by atoms with van der Waals surface area (Å²) in [6.07, 6.45) is 1.58. The zero-order valence-corrected chi connectivity index (χ0v) is 17.1. The van der Waals surface area contributed by atoms with Gasteiger partial charge >= 0.3 is 0 Å². The topological polar surface area (TPSA) is 46.6 Å². The van der Waals surface area contributed by atoms with E-state index in [1.165, 1.54) is 18.2 Å². The summed E-state index contributed by atoms with van der Waals surface area (Å²) in [6.45, 7) is 0.251. The van der Waals surface area contributed by atoms with E-state index in [2.05, 4.69) is 0 Å². The number of hydrogen-bond donors (Lipinski definition) is 0. The van der Waals surface area contributed by atoms with E-state index in [1.807, 2.05) is 24.3 Å². The largest absolute Gasteiger partial charge is 0.488 e. The molecule has 1 aliphatic rings. The Morgan fingerprint density at radius 3 is 2.47 bits per heavy atom. The lowest BCUT2D eigenvalue weighted by molar-refractivity contribution is -0.113. The van der Waals surface area contributed by atoms with Gasteiger partial charge in [0.2, 0.25) is 0 Å². The quantitative estimate of drug-likeness (QED) is 0.438. The van der Waals surface area contributed by atoms with Crippen molar-refractivity contribution >= 4 is 46.3 Å². The average molecular weight is 440 g/mol. The summed E-state index contributed by atoms with van der Waals surface area (Å²) >= 11 is 6.94. The van der Waals surface area contributed by atoms with Crippen LogP contribution in [0.3, 0.4) is 0 Å². The highest BCUT2D eigenvalue weighted by molar-refractivity contribution is 8.19. The molecule has 1 fully saturated rings. The molecule has 150 valence electrons. The first kappa shape index (κ1) is 20.2. The molecular formula is C23H15ClFNO3S. The molecule has 3 aromatic rings. The maximum absolute atomic E-state index is 14.1. The molecule has 30 heavy (non-hydrogen) atoms. The maximum atomic E-state index is 14.1. The smallest absolute Gasteiger partial charge is 0.298 e. The van der Waals surface area contributed by atoms with Crippen molar-refractivity contribution in [3.8, 4) is 5.75 Å². The van der Waals surface area contributed by atoms with Crippen molar-refractivity contribution in [1.82, 2.24) is 0 Å². The van der Waals surface area contributed by atoms with E-state index in [1.54, 1.807) is 36.4 Å². The number of thioether (sulfide) groups is 1. The zero-order valence-electron chi connectivity index (χ0n) is 15.5. The molecule has 7 heteroatoms. The van der Waals surface area contributed by atoms with Gasteiger partial charge < -0.3 is 4.74 Å². The number of carbonyl (C=O) groups is 2. The van der Waals surface area contributed by atoms with Crippen LogP contribution in [0.1, 0.15) is 11.1 Å². The van der Waals surface area contributed by atoms with Crippen molar-refractivity contribution in [2.75, 3.05) is 4.90 Å². The van der Waals surface area contributed by atoms with E-state index in [0.717, 1.165) is 22.2 Å². The number of anilines is 1. The zero-order chi connectivity index (χ0) is 21.1. The normalized spacial score (nSPS) is 15.1. The van der Waals surface area contributed by atoms with E-state index < -0.39 is 17.0 Å². The average Bonchev–Trinajstić information content (AvgIpc) is 3.02. The fourth-order valence-corrected chi connectivity index (χ4v) is 3.97. The van der Waals surface area contributed by atoms with Gasteiger partial charge in [0.15, 0.2) is 0 Å². The van der Waals surface area contributed by atoms with Crippen molar-refractivity contribution < 1.29 is 18.7 Å². The van der Waals surface area contributed by atoms with Crippen LogP contribution in [0.15, 0.2) is 77.7 Å². The minimum absolute atomic E-state index is 0.0633. The van der Waals surface area contributed by atoms with E-state index in [-0.39, 0.29) is 17.2 Å². The summed E-state index contributed by atoms with van der Waals surface area (Å²) in [4.78, 5) is 26.2. The predicted octanol–water partition coefficient (Wildman–Crippen LogP) is 6.30. The molecule has 0 aromatic heterocycles. The Morgan fingerprint density at radius 1 is 0.967 bits per heavy atom.